The van der Waals surface area contributed by atoms with Crippen LogP contribution in [-0.4, -0.2) is 48.0 Å². The van der Waals surface area contributed by atoms with Gasteiger partial charge in [0.15, 0.2) is 5.82 Å². The average Bonchev–Trinajstić information content (AvgIpc) is 2.73. The Morgan fingerprint density at radius 2 is 1.72 bits per heavy atom. The molecule has 0 aliphatic rings. The maximum Gasteiger partial charge on any atom is 0.274 e. The number of nitrogens with zero attached hydrogens (tertiary/aromatic N) is 3. The number of rotatable bonds is 8. The first-order valence-electron chi connectivity index (χ1n) is 9.73. The molecule has 3 aromatic rings. The van der Waals surface area contributed by atoms with E-state index >= 15 is 0 Å². The third-order valence-electron chi connectivity index (χ3n) is 4.47. The highest BCUT2D eigenvalue weighted by atomic mass is 16.1. The topological polar surface area (TPSA) is 70.2 Å². The molecule has 6 nitrogen and oxygen atoms in total. The van der Waals surface area contributed by atoms with Crippen molar-refractivity contribution < 1.29 is 4.79 Å². The first kappa shape index (κ1) is 20.5. The molecule has 0 radical (unpaired) electrons. The Morgan fingerprint density at radius 3 is 2.45 bits per heavy atom. The zero-order chi connectivity index (χ0) is 20.6. The van der Waals surface area contributed by atoms with E-state index in [2.05, 4.69) is 25.5 Å². The summed E-state index contributed by atoms with van der Waals surface area (Å²) in [5.41, 5.74) is 2.98. The summed E-state index contributed by atoms with van der Waals surface area (Å²) in [7, 11) is 4.10. The molecule has 0 saturated carbocycles. The van der Waals surface area contributed by atoms with E-state index < -0.39 is 0 Å². The van der Waals surface area contributed by atoms with E-state index in [9.17, 15) is 4.79 Å². The van der Waals surface area contributed by atoms with Crippen molar-refractivity contribution in [1.29, 1.82) is 0 Å². The van der Waals surface area contributed by atoms with Crippen molar-refractivity contribution >= 4 is 17.4 Å². The number of hydrogen-bond donors (Lipinski definition) is 2. The highest BCUT2D eigenvalue weighted by Gasteiger charge is 2.14. The van der Waals surface area contributed by atoms with Gasteiger partial charge >= 0.3 is 0 Å². The Kier molecular flexibility index (Phi) is 6.92. The molecule has 0 saturated heterocycles. The number of nitrogens with one attached hydrogen (secondary N) is 2. The van der Waals surface area contributed by atoms with Crippen molar-refractivity contribution in [2.75, 3.05) is 37.8 Å². The van der Waals surface area contributed by atoms with Crippen LogP contribution in [0.5, 0.6) is 0 Å². The van der Waals surface area contributed by atoms with Crippen molar-refractivity contribution in [2.24, 2.45) is 0 Å². The lowest BCUT2D eigenvalue weighted by Crippen LogP contribution is -2.18. The first-order valence-corrected chi connectivity index (χ1v) is 9.73. The van der Waals surface area contributed by atoms with Gasteiger partial charge in [-0.05, 0) is 45.6 Å². The summed E-state index contributed by atoms with van der Waals surface area (Å²) < 4.78 is 0. The Morgan fingerprint density at radius 1 is 1.00 bits per heavy atom. The molecule has 2 N–H and O–H groups in total. The largest absolute Gasteiger partial charge is 0.370 e. The molecule has 0 fully saturated rings. The molecule has 0 aliphatic heterocycles. The van der Waals surface area contributed by atoms with Crippen molar-refractivity contribution in [1.82, 2.24) is 14.9 Å². The normalized spacial score (nSPS) is 10.8. The summed E-state index contributed by atoms with van der Waals surface area (Å²) in [5, 5.41) is 6.27. The lowest BCUT2D eigenvalue weighted by atomic mass is 10.2. The van der Waals surface area contributed by atoms with E-state index in [0.29, 0.717) is 17.3 Å². The van der Waals surface area contributed by atoms with Crippen molar-refractivity contribution in [3.05, 3.63) is 71.9 Å². The molecule has 0 spiro atoms. The summed E-state index contributed by atoms with van der Waals surface area (Å²) in [6, 6.07) is 19.1. The molecule has 150 valence electrons. The summed E-state index contributed by atoms with van der Waals surface area (Å²) >= 11 is 0. The van der Waals surface area contributed by atoms with Crippen LogP contribution >= 0.6 is 0 Å². The molecule has 6 heteroatoms. The Hall–Kier alpha value is -3.25. The molecule has 1 amide bonds. The fraction of sp³-hybridized carbons (Fsp3) is 0.261. The fourth-order valence-electron chi connectivity index (χ4n) is 2.88. The predicted octanol–water partition coefficient (Wildman–Crippen LogP) is 4.07. The van der Waals surface area contributed by atoms with Gasteiger partial charge in [-0.25, -0.2) is 9.97 Å². The highest BCUT2D eigenvalue weighted by molar-refractivity contribution is 6.03. The number of para-hydroxylation sites is 1. The van der Waals surface area contributed by atoms with Crippen LogP contribution in [0.25, 0.3) is 11.4 Å². The van der Waals surface area contributed by atoms with Gasteiger partial charge in [-0.2, -0.15) is 0 Å². The molecule has 0 bridgehead atoms. The van der Waals surface area contributed by atoms with Crippen LogP contribution in [0.4, 0.5) is 11.5 Å². The Bertz CT molecular complexity index is 956. The van der Waals surface area contributed by atoms with Crippen molar-refractivity contribution in [3.63, 3.8) is 0 Å². The summed E-state index contributed by atoms with van der Waals surface area (Å²) in [6.07, 6.45) is 0.975. The molecule has 3 rings (SSSR count). The number of carbonyl (C=O) groups is 1. The van der Waals surface area contributed by atoms with Gasteiger partial charge in [0.05, 0.1) is 0 Å². The summed E-state index contributed by atoms with van der Waals surface area (Å²) in [4.78, 5) is 24.1. The van der Waals surface area contributed by atoms with Gasteiger partial charge in [0.1, 0.15) is 11.5 Å². The van der Waals surface area contributed by atoms with Crippen LogP contribution in [0.1, 0.15) is 22.5 Å². The summed E-state index contributed by atoms with van der Waals surface area (Å²) in [6.45, 7) is 3.70. The minimum atomic E-state index is -0.254. The molecule has 1 heterocycles. The van der Waals surface area contributed by atoms with E-state index in [-0.39, 0.29) is 5.91 Å². The van der Waals surface area contributed by atoms with Gasteiger partial charge in [-0.3, -0.25) is 4.79 Å². The number of anilines is 2. The van der Waals surface area contributed by atoms with Gasteiger partial charge in [-0.1, -0.05) is 48.5 Å². The number of amides is 1. The molecule has 0 aliphatic carbocycles. The van der Waals surface area contributed by atoms with Gasteiger partial charge in [0, 0.05) is 23.9 Å². The van der Waals surface area contributed by atoms with E-state index in [1.54, 1.807) is 6.07 Å². The maximum atomic E-state index is 12.9. The van der Waals surface area contributed by atoms with E-state index in [4.69, 9.17) is 0 Å². The molecule has 0 atom stereocenters. The zero-order valence-electron chi connectivity index (χ0n) is 17.1. The second-order valence-electron chi connectivity index (χ2n) is 7.18. The number of carbonyl (C=O) groups excluding carboxylic acids is 1. The Labute approximate surface area is 172 Å². The standard InChI is InChI=1S/C23H27N5O/c1-17-10-7-8-13-19(17)26-23(29)20-16-21(24-14-9-15-28(2)3)27-22(25-20)18-11-5-4-6-12-18/h4-8,10-13,16H,9,14-15H2,1-3H3,(H,26,29)(H,24,25,27). The van der Waals surface area contributed by atoms with Gasteiger partial charge < -0.3 is 15.5 Å². The molecule has 2 aromatic carbocycles. The fourth-order valence-corrected chi connectivity index (χ4v) is 2.88. The van der Waals surface area contributed by atoms with E-state index in [0.717, 1.165) is 36.3 Å². The molecule has 29 heavy (non-hydrogen) atoms. The van der Waals surface area contributed by atoms with Crippen LogP contribution < -0.4 is 10.6 Å². The molecule has 1 aromatic heterocycles. The van der Waals surface area contributed by atoms with E-state index in [1.165, 1.54) is 0 Å². The SMILES string of the molecule is Cc1ccccc1NC(=O)c1cc(NCCCN(C)C)nc(-c2ccccc2)n1. The third-order valence-corrected chi connectivity index (χ3v) is 4.47. The predicted molar refractivity (Wildman–Crippen MR) is 118 cm³/mol. The van der Waals surface area contributed by atoms with Gasteiger partial charge in [0.2, 0.25) is 0 Å². The van der Waals surface area contributed by atoms with Crippen molar-refractivity contribution in [2.45, 2.75) is 13.3 Å². The smallest absolute Gasteiger partial charge is 0.274 e. The van der Waals surface area contributed by atoms with E-state index in [1.807, 2.05) is 75.6 Å². The molecular weight excluding hydrogens is 362 g/mol. The van der Waals surface area contributed by atoms with Gasteiger partial charge in [0.25, 0.3) is 5.91 Å². The van der Waals surface area contributed by atoms with Crippen LogP contribution in [0.3, 0.4) is 0 Å². The van der Waals surface area contributed by atoms with Crippen LogP contribution in [0, 0.1) is 6.92 Å². The average molecular weight is 390 g/mol. The Balaban J connectivity index is 1.85. The lowest BCUT2D eigenvalue weighted by Gasteiger charge is -2.13. The monoisotopic (exact) mass is 389 g/mol. The second-order valence-corrected chi connectivity index (χ2v) is 7.18. The number of aryl methyl sites for hydroxylation is 1. The third kappa shape index (κ3) is 5.86. The quantitative estimate of drug-likeness (QED) is 0.569. The number of aromatic nitrogens is 2. The maximum absolute atomic E-state index is 12.9. The second kappa shape index (κ2) is 9.80. The summed E-state index contributed by atoms with van der Waals surface area (Å²) in [5.74, 6) is 0.918. The first-order chi connectivity index (χ1) is 14.0. The van der Waals surface area contributed by atoms with Crippen LogP contribution in [0.2, 0.25) is 0 Å². The van der Waals surface area contributed by atoms with Crippen molar-refractivity contribution in [3.8, 4) is 11.4 Å². The zero-order valence-corrected chi connectivity index (χ0v) is 17.1. The van der Waals surface area contributed by atoms with Crippen LogP contribution in [0.15, 0.2) is 60.7 Å². The molecular formula is C23H27N5O. The minimum Gasteiger partial charge on any atom is -0.370 e. The lowest BCUT2D eigenvalue weighted by molar-refractivity contribution is 0.102. The molecule has 0 unspecified atom stereocenters. The number of benzene rings is 2. The number of hydrogen-bond acceptors (Lipinski definition) is 5. The highest BCUT2D eigenvalue weighted by Crippen LogP contribution is 2.20. The van der Waals surface area contributed by atoms with Gasteiger partial charge in [-0.15, -0.1) is 0 Å². The minimum absolute atomic E-state index is 0.254. The van der Waals surface area contributed by atoms with Crippen LogP contribution in [-0.2, 0) is 0 Å².